The number of hydrogen-bond donors (Lipinski definition) is 6. The van der Waals surface area contributed by atoms with E-state index in [9.17, 15) is 40.2 Å². The number of thioether (sulfide) groups is 1. The third kappa shape index (κ3) is 9.75. The molecular formula is C36H59NO11S. The fourth-order valence-corrected chi connectivity index (χ4v) is 8.25. The molecule has 0 radical (unpaired) electrons. The Balaban J connectivity index is 1.92. The van der Waals surface area contributed by atoms with E-state index >= 15 is 0 Å². The van der Waals surface area contributed by atoms with E-state index in [1.54, 1.807) is 41.7 Å². The number of hydrogen-bond acceptors (Lipinski definition) is 12. The molecule has 0 aromatic heterocycles. The van der Waals surface area contributed by atoms with E-state index in [1.165, 1.54) is 37.4 Å². The first-order valence-corrected chi connectivity index (χ1v) is 18.3. The van der Waals surface area contributed by atoms with E-state index < -0.39 is 95.9 Å². The van der Waals surface area contributed by atoms with Gasteiger partial charge >= 0.3 is 5.97 Å². The highest BCUT2D eigenvalue weighted by Gasteiger charge is 2.51. The van der Waals surface area contributed by atoms with E-state index in [4.69, 9.17) is 14.2 Å². The van der Waals surface area contributed by atoms with Crippen LogP contribution in [0.4, 0.5) is 0 Å². The summed E-state index contributed by atoms with van der Waals surface area (Å²) in [6.45, 7) is 12.6. The van der Waals surface area contributed by atoms with Gasteiger partial charge in [0.25, 0.3) is 0 Å². The lowest BCUT2D eigenvalue weighted by Gasteiger charge is -2.47. The molecule has 49 heavy (non-hydrogen) atoms. The third-order valence-corrected chi connectivity index (χ3v) is 11.6. The Morgan fingerprint density at radius 1 is 0.980 bits per heavy atom. The number of carbonyl (C=O) groups is 2. The smallest absolute Gasteiger partial charge is 0.311 e. The number of cyclic esters (lactones) is 1. The lowest BCUT2D eigenvalue weighted by atomic mass is 9.73. The predicted molar refractivity (Wildman–Crippen MR) is 184 cm³/mol. The second-order valence-corrected chi connectivity index (χ2v) is 15.9. The molecule has 0 unspecified atom stereocenters. The summed E-state index contributed by atoms with van der Waals surface area (Å²) >= 11 is 1.38. The zero-order valence-corrected chi connectivity index (χ0v) is 31.1. The topological polar surface area (TPSA) is 186 Å². The van der Waals surface area contributed by atoms with E-state index in [2.05, 4.69) is 0 Å². The number of carbonyl (C=O) groups excluding carboxylic acids is 2. The Hall–Kier alpha value is -1.81. The number of likely N-dealkylation sites (N-methyl/N-ethyl adjacent to an activating group) is 1. The Morgan fingerprint density at radius 2 is 1.59 bits per heavy atom. The SMILES string of the molecule is CC[C@H]1OC(=O)[C@H](C)[C@@H](O)[C@H](C)[C@@H](O[C@@H]2O[C@H](C)C[C@H](N(C)C(=O)CSc3ccccc3)[C@H]2O)[C@](C)(O)C[C@@H](C)[C@H](O)[C@H](C)[C@@H](O)[C@]1(C)O. The van der Waals surface area contributed by atoms with Crippen molar-refractivity contribution in [1.29, 1.82) is 0 Å². The van der Waals surface area contributed by atoms with Crippen molar-refractivity contribution in [2.75, 3.05) is 12.8 Å². The second kappa shape index (κ2) is 17.1. The van der Waals surface area contributed by atoms with E-state index in [-0.39, 0.29) is 24.5 Å². The average molecular weight is 714 g/mol. The van der Waals surface area contributed by atoms with Crippen LogP contribution < -0.4 is 0 Å². The molecule has 15 atom stereocenters. The van der Waals surface area contributed by atoms with Crippen molar-refractivity contribution in [3.05, 3.63) is 30.3 Å². The number of aliphatic hydroxyl groups is 6. The van der Waals surface area contributed by atoms with Gasteiger partial charge in [-0.3, -0.25) is 9.59 Å². The first-order valence-electron chi connectivity index (χ1n) is 17.4. The fraction of sp³-hybridized carbons (Fsp3) is 0.778. The van der Waals surface area contributed by atoms with Gasteiger partial charge in [0.1, 0.15) is 17.8 Å². The van der Waals surface area contributed by atoms with Gasteiger partial charge in [-0.1, -0.05) is 45.9 Å². The van der Waals surface area contributed by atoms with Crippen LogP contribution in [0.15, 0.2) is 35.2 Å². The van der Waals surface area contributed by atoms with Gasteiger partial charge in [-0.25, -0.2) is 0 Å². The van der Waals surface area contributed by atoms with Crippen LogP contribution in [0.25, 0.3) is 0 Å². The summed E-state index contributed by atoms with van der Waals surface area (Å²) in [6.07, 6.45) is -9.22. The van der Waals surface area contributed by atoms with E-state index in [1.807, 2.05) is 30.3 Å². The van der Waals surface area contributed by atoms with Gasteiger partial charge in [-0.15, -0.1) is 11.8 Å². The molecule has 6 N–H and O–H groups in total. The van der Waals surface area contributed by atoms with Gasteiger partial charge in [0.2, 0.25) is 5.91 Å². The van der Waals surface area contributed by atoms with Crippen molar-refractivity contribution in [3.8, 4) is 0 Å². The minimum atomic E-state index is -1.92. The molecule has 280 valence electrons. The molecule has 0 aliphatic carbocycles. The first-order chi connectivity index (χ1) is 22.7. The Kier molecular flexibility index (Phi) is 14.6. The van der Waals surface area contributed by atoms with Crippen molar-refractivity contribution in [2.24, 2.45) is 23.7 Å². The molecule has 1 aromatic carbocycles. The molecule has 0 saturated carbocycles. The highest BCUT2D eigenvalue weighted by molar-refractivity contribution is 8.00. The standard InChI is InChI=1S/C36H59NO11S/c1-10-26-36(8,45)31(42)21(4)28(39)19(2)17-35(7,44)32(22(5)29(40)23(6)33(43)47-26)48-34-30(41)25(16-20(3)46-34)37(9)27(38)18-49-24-14-12-11-13-15-24/h11-15,19-23,25-26,28-32,34,39-42,44-45H,10,16-18H2,1-9H3/t19-,20-,21+,22+,23-,25+,26-,28+,29+,30-,31-,32-,34+,35-,36-/m1/s1. The molecule has 1 aromatic rings. The lowest BCUT2D eigenvalue weighted by molar-refractivity contribution is -0.299. The maximum atomic E-state index is 13.3. The van der Waals surface area contributed by atoms with Crippen molar-refractivity contribution < 1.29 is 54.4 Å². The van der Waals surface area contributed by atoms with Crippen LogP contribution in [0.1, 0.15) is 74.7 Å². The summed E-state index contributed by atoms with van der Waals surface area (Å²) in [4.78, 5) is 29.0. The monoisotopic (exact) mass is 713 g/mol. The minimum absolute atomic E-state index is 0.0813. The summed E-state index contributed by atoms with van der Waals surface area (Å²) in [5.41, 5.74) is -3.70. The largest absolute Gasteiger partial charge is 0.459 e. The minimum Gasteiger partial charge on any atom is -0.459 e. The van der Waals surface area contributed by atoms with Crippen LogP contribution in [-0.4, -0.2) is 126 Å². The highest BCUT2D eigenvalue weighted by atomic mass is 32.2. The molecule has 2 aliphatic rings. The van der Waals surface area contributed by atoms with Crippen LogP contribution in [0.5, 0.6) is 0 Å². The molecule has 2 saturated heterocycles. The summed E-state index contributed by atoms with van der Waals surface area (Å²) in [5, 5.41) is 69.0. The van der Waals surface area contributed by atoms with Gasteiger partial charge in [-0.05, 0) is 65.0 Å². The molecule has 2 fully saturated rings. The van der Waals surface area contributed by atoms with Crippen molar-refractivity contribution in [2.45, 2.75) is 146 Å². The second-order valence-electron chi connectivity index (χ2n) is 14.8. The number of rotatable bonds is 7. The van der Waals surface area contributed by atoms with Crippen LogP contribution in [0.2, 0.25) is 0 Å². The molecule has 0 spiro atoms. The molecule has 3 rings (SSSR count). The van der Waals surface area contributed by atoms with Crippen molar-refractivity contribution in [3.63, 3.8) is 0 Å². The Labute approximate surface area is 295 Å². The van der Waals surface area contributed by atoms with Gasteiger partial charge in [0, 0.05) is 23.8 Å². The summed E-state index contributed by atoms with van der Waals surface area (Å²) in [5.74, 6) is -4.50. The molecular weight excluding hydrogens is 654 g/mol. The molecule has 2 aliphatic heterocycles. The quantitative estimate of drug-likeness (QED) is 0.179. The Morgan fingerprint density at radius 3 is 2.18 bits per heavy atom. The predicted octanol–water partition coefficient (Wildman–Crippen LogP) is 2.34. The maximum Gasteiger partial charge on any atom is 0.311 e. The van der Waals surface area contributed by atoms with Gasteiger partial charge in [-0.2, -0.15) is 0 Å². The lowest BCUT2D eigenvalue weighted by Crippen LogP contribution is -2.61. The summed E-state index contributed by atoms with van der Waals surface area (Å²) in [7, 11) is 1.62. The molecule has 12 nitrogen and oxygen atoms in total. The van der Waals surface area contributed by atoms with Gasteiger partial charge < -0.3 is 49.7 Å². The number of esters is 1. The maximum absolute atomic E-state index is 13.3. The van der Waals surface area contributed by atoms with Crippen LogP contribution in [-0.2, 0) is 23.8 Å². The zero-order valence-electron chi connectivity index (χ0n) is 30.3. The van der Waals surface area contributed by atoms with E-state index in [0.717, 1.165) is 4.90 Å². The third-order valence-electron chi connectivity index (χ3n) is 10.6. The van der Waals surface area contributed by atoms with Gasteiger partial charge in [0.15, 0.2) is 6.29 Å². The summed E-state index contributed by atoms with van der Waals surface area (Å²) in [6, 6.07) is 8.82. The van der Waals surface area contributed by atoms with Crippen LogP contribution in [0.3, 0.4) is 0 Å². The molecule has 2 heterocycles. The van der Waals surface area contributed by atoms with E-state index in [0.29, 0.717) is 6.42 Å². The molecule has 13 heteroatoms. The average Bonchev–Trinajstić information content (AvgIpc) is 3.06. The van der Waals surface area contributed by atoms with Crippen LogP contribution in [0, 0.1) is 23.7 Å². The number of nitrogens with zero attached hydrogens (tertiary/aromatic N) is 1. The fourth-order valence-electron chi connectivity index (χ4n) is 7.41. The molecule has 1 amide bonds. The summed E-state index contributed by atoms with van der Waals surface area (Å²) < 4.78 is 18.1. The number of aliphatic hydroxyl groups excluding tert-OH is 4. The zero-order chi connectivity index (χ0) is 37.0. The first kappa shape index (κ1) is 41.6. The van der Waals surface area contributed by atoms with Crippen molar-refractivity contribution >= 4 is 23.6 Å². The Bertz CT molecular complexity index is 1220. The van der Waals surface area contributed by atoms with Gasteiger partial charge in [0.05, 0.1) is 53.8 Å². The normalized spacial score (nSPS) is 42.9. The van der Waals surface area contributed by atoms with Crippen molar-refractivity contribution in [1.82, 2.24) is 4.90 Å². The van der Waals surface area contributed by atoms with Crippen LogP contribution >= 0.6 is 11.8 Å². The number of benzene rings is 1. The highest BCUT2D eigenvalue weighted by Crippen LogP contribution is 2.38. The molecule has 0 bridgehead atoms. The number of amides is 1. The number of ether oxygens (including phenoxy) is 3.